The summed E-state index contributed by atoms with van der Waals surface area (Å²) in [5, 5.41) is 25.0. The first kappa shape index (κ1) is 11.6. The van der Waals surface area contributed by atoms with Crippen molar-refractivity contribution in [2.24, 2.45) is 0 Å². The molecular weight excluding hydrogens is 198 g/mol. The molecule has 0 bridgehead atoms. The van der Waals surface area contributed by atoms with Crippen LogP contribution >= 0.6 is 0 Å². The highest BCUT2D eigenvalue weighted by Crippen LogP contribution is 2.17. The van der Waals surface area contributed by atoms with E-state index in [1.165, 1.54) is 0 Å². The molecule has 0 aliphatic rings. The minimum Gasteiger partial charge on any atom is -0.476 e. The van der Waals surface area contributed by atoms with Crippen LogP contribution < -0.4 is 0 Å². The summed E-state index contributed by atoms with van der Waals surface area (Å²) in [6, 6.07) is 0. The summed E-state index contributed by atoms with van der Waals surface area (Å²) < 4.78 is 1.55. The Balaban J connectivity index is 3.01. The van der Waals surface area contributed by atoms with Gasteiger partial charge in [-0.1, -0.05) is 19.1 Å². The zero-order valence-corrected chi connectivity index (χ0v) is 8.84. The number of aryl methyl sites for hydroxylation is 1. The molecular formula is C9H15N3O3. The minimum atomic E-state index is -1.06. The molecule has 1 aromatic rings. The van der Waals surface area contributed by atoms with E-state index >= 15 is 0 Å². The number of nitrogens with zero attached hydrogens (tertiary/aromatic N) is 3. The van der Waals surface area contributed by atoms with E-state index < -0.39 is 5.97 Å². The lowest BCUT2D eigenvalue weighted by Gasteiger charge is -2.08. The van der Waals surface area contributed by atoms with Crippen molar-refractivity contribution < 1.29 is 15.0 Å². The Morgan fingerprint density at radius 1 is 1.53 bits per heavy atom. The Morgan fingerprint density at radius 3 is 2.67 bits per heavy atom. The third kappa shape index (κ3) is 2.53. The van der Waals surface area contributed by atoms with E-state index in [1.54, 1.807) is 4.68 Å². The molecule has 0 saturated heterocycles. The molecule has 6 heteroatoms. The van der Waals surface area contributed by atoms with E-state index in [2.05, 4.69) is 10.3 Å². The van der Waals surface area contributed by atoms with Crippen LogP contribution in [0.1, 0.15) is 42.4 Å². The molecule has 84 valence electrons. The molecule has 0 spiro atoms. The summed E-state index contributed by atoms with van der Waals surface area (Å²) in [5.41, 5.74) is 0.610. The van der Waals surface area contributed by atoms with Gasteiger partial charge in [-0.05, 0) is 12.3 Å². The molecule has 0 saturated carbocycles. The number of aliphatic hydroxyl groups excluding tert-OH is 1. The van der Waals surface area contributed by atoms with E-state index in [9.17, 15) is 4.79 Å². The predicted octanol–water partition coefficient (Wildman–Crippen LogP) is 0.482. The molecule has 1 aromatic heterocycles. The van der Waals surface area contributed by atoms with Crippen molar-refractivity contribution in [2.75, 3.05) is 6.61 Å². The van der Waals surface area contributed by atoms with Gasteiger partial charge >= 0.3 is 5.97 Å². The third-order valence-electron chi connectivity index (χ3n) is 2.05. The lowest BCUT2D eigenvalue weighted by Crippen LogP contribution is -2.10. The van der Waals surface area contributed by atoms with Crippen molar-refractivity contribution in [1.82, 2.24) is 15.0 Å². The van der Waals surface area contributed by atoms with Crippen LogP contribution in [-0.2, 0) is 6.54 Å². The number of aromatic carboxylic acids is 1. The molecule has 6 nitrogen and oxygen atoms in total. The van der Waals surface area contributed by atoms with Gasteiger partial charge in [-0.15, -0.1) is 5.10 Å². The second kappa shape index (κ2) is 4.88. The summed E-state index contributed by atoms with van der Waals surface area (Å²) in [6.45, 7) is 4.32. The smallest absolute Gasteiger partial charge is 0.358 e. The van der Waals surface area contributed by atoms with E-state index in [1.807, 2.05) is 13.8 Å². The van der Waals surface area contributed by atoms with Gasteiger partial charge < -0.3 is 10.2 Å². The Labute approximate surface area is 87.5 Å². The normalized spacial score (nSPS) is 10.9. The summed E-state index contributed by atoms with van der Waals surface area (Å²) in [7, 11) is 0. The number of carboxylic acids is 1. The SMILES string of the molecule is CC(C)c1c(C(=O)O)nnn1CCCO. The van der Waals surface area contributed by atoms with E-state index in [-0.39, 0.29) is 18.2 Å². The van der Waals surface area contributed by atoms with Crippen LogP contribution in [0.25, 0.3) is 0 Å². The lowest BCUT2D eigenvalue weighted by atomic mass is 10.1. The van der Waals surface area contributed by atoms with Crippen molar-refractivity contribution in [3.63, 3.8) is 0 Å². The largest absolute Gasteiger partial charge is 0.476 e. The van der Waals surface area contributed by atoms with E-state index in [0.717, 1.165) is 0 Å². The first-order chi connectivity index (χ1) is 7.07. The number of carbonyl (C=O) groups is 1. The Morgan fingerprint density at radius 2 is 2.20 bits per heavy atom. The van der Waals surface area contributed by atoms with Gasteiger partial charge in [0.25, 0.3) is 0 Å². The number of hydrogen-bond donors (Lipinski definition) is 2. The topological polar surface area (TPSA) is 88.2 Å². The van der Waals surface area contributed by atoms with Crippen molar-refractivity contribution in [2.45, 2.75) is 32.7 Å². The fourth-order valence-corrected chi connectivity index (χ4v) is 1.43. The highest BCUT2D eigenvalue weighted by atomic mass is 16.4. The van der Waals surface area contributed by atoms with Crippen LogP contribution in [-0.4, -0.2) is 37.8 Å². The summed E-state index contributed by atoms with van der Waals surface area (Å²) in [4.78, 5) is 10.8. The fraction of sp³-hybridized carbons (Fsp3) is 0.667. The zero-order chi connectivity index (χ0) is 11.4. The second-order valence-corrected chi connectivity index (χ2v) is 3.58. The zero-order valence-electron chi connectivity index (χ0n) is 8.84. The molecule has 0 aliphatic heterocycles. The molecule has 0 amide bonds. The molecule has 1 rings (SSSR count). The van der Waals surface area contributed by atoms with Gasteiger partial charge in [0.15, 0.2) is 5.69 Å². The molecule has 0 radical (unpaired) electrons. The lowest BCUT2D eigenvalue weighted by molar-refractivity contribution is 0.0688. The summed E-state index contributed by atoms with van der Waals surface area (Å²) in [5.74, 6) is -1.02. The molecule has 0 atom stereocenters. The maximum absolute atomic E-state index is 10.8. The first-order valence-electron chi connectivity index (χ1n) is 4.85. The van der Waals surface area contributed by atoms with Crippen LogP contribution in [0.3, 0.4) is 0 Å². The van der Waals surface area contributed by atoms with Gasteiger partial charge in [-0.2, -0.15) is 0 Å². The quantitative estimate of drug-likeness (QED) is 0.742. The standard InChI is InChI=1S/C9H15N3O3/c1-6(2)8-7(9(14)15)10-11-12(8)4-3-5-13/h6,13H,3-5H2,1-2H3,(H,14,15). The number of hydrogen-bond acceptors (Lipinski definition) is 4. The Hall–Kier alpha value is -1.43. The molecule has 1 heterocycles. The Bertz CT molecular complexity index is 346. The number of aliphatic hydroxyl groups is 1. The maximum atomic E-state index is 10.8. The molecule has 0 fully saturated rings. The number of rotatable bonds is 5. The van der Waals surface area contributed by atoms with Crippen molar-refractivity contribution in [3.05, 3.63) is 11.4 Å². The second-order valence-electron chi connectivity index (χ2n) is 3.58. The number of carboxylic acid groups (broad SMARTS) is 1. The molecule has 0 aromatic carbocycles. The van der Waals surface area contributed by atoms with Gasteiger partial charge in [-0.25, -0.2) is 9.48 Å². The highest BCUT2D eigenvalue weighted by molar-refractivity contribution is 5.86. The van der Waals surface area contributed by atoms with Crippen LogP contribution in [0.15, 0.2) is 0 Å². The van der Waals surface area contributed by atoms with Gasteiger partial charge in [-0.3, -0.25) is 0 Å². The van der Waals surface area contributed by atoms with Crippen molar-refractivity contribution in [3.8, 4) is 0 Å². The molecule has 0 aliphatic carbocycles. The molecule has 0 unspecified atom stereocenters. The molecule has 15 heavy (non-hydrogen) atoms. The van der Waals surface area contributed by atoms with E-state index in [0.29, 0.717) is 18.7 Å². The van der Waals surface area contributed by atoms with Crippen LogP contribution in [0.2, 0.25) is 0 Å². The van der Waals surface area contributed by atoms with Gasteiger partial charge in [0.1, 0.15) is 0 Å². The Kier molecular flexibility index (Phi) is 3.79. The van der Waals surface area contributed by atoms with Crippen molar-refractivity contribution in [1.29, 1.82) is 0 Å². The first-order valence-corrected chi connectivity index (χ1v) is 4.85. The van der Waals surface area contributed by atoms with E-state index in [4.69, 9.17) is 10.2 Å². The average Bonchev–Trinajstić information content (AvgIpc) is 2.58. The predicted molar refractivity (Wildman–Crippen MR) is 52.8 cm³/mol. The van der Waals surface area contributed by atoms with Crippen LogP contribution in [0.5, 0.6) is 0 Å². The number of aromatic nitrogens is 3. The molecule has 2 N–H and O–H groups in total. The third-order valence-corrected chi connectivity index (χ3v) is 2.05. The maximum Gasteiger partial charge on any atom is 0.358 e. The summed E-state index contributed by atoms with van der Waals surface area (Å²) >= 11 is 0. The van der Waals surface area contributed by atoms with Gasteiger partial charge in [0.2, 0.25) is 0 Å². The highest BCUT2D eigenvalue weighted by Gasteiger charge is 2.20. The average molecular weight is 213 g/mol. The monoisotopic (exact) mass is 213 g/mol. The van der Waals surface area contributed by atoms with Gasteiger partial charge in [0.05, 0.1) is 5.69 Å². The van der Waals surface area contributed by atoms with Crippen molar-refractivity contribution >= 4 is 5.97 Å². The minimum absolute atomic E-state index is 0.00272. The van der Waals surface area contributed by atoms with Gasteiger partial charge in [0, 0.05) is 13.2 Å². The van der Waals surface area contributed by atoms with Crippen LogP contribution in [0.4, 0.5) is 0 Å². The fourth-order valence-electron chi connectivity index (χ4n) is 1.43. The van der Waals surface area contributed by atoms with Crippen LogP contribution in [0, 0.1) is 0 Å². The summed E-state index contributed by atoms with van der Waals surface area (Å²) in [6.07, 6.45) is 0.544.